The van der Waals surface area contributed by atoms with E-state index >= 15 is 0 Å². The lowest BCUT2D eigenvalue weighted by Crippen LogP contribution is -2.03. The zero-order chi connectivity index (χ0) is 8.10. The Hall–Kier alpha value is -1.03. The van der Waals surface area contributed by atoms with Gasteiger partial charge in [0, 0.05) is 0 Å². The first kappa shape index (κ1) is 8.07. The molecule has 11 heavy (non-hydrogen) atoms. The van der Waals surface area contributed by atoms with E-state index in [1.165, 1.54) is 11.3 Å². The Morgan fingerprint density at radius 3 is 3.09 bits per heavy atom. The lowest BCUT2D eigenvalue weighted by Gasteiger charge is -1.98. The second-order valence-electron chi connectivity index (χ2n) is 1.92. The van der Waals surface area contributed by atoms with E-state index in [1.54, 1.807) is 0 Å². The molecule has 0 aromatic carbocycles. The van der Waals surface area contributed by atoms with Crippen LogP contribution >= 0.6 is 11.3 Å². The van der Waals surface area contributed by atoms with Crippen LogP contribution in [-0.4, -0.2) is 17.7 Å². The number of aliphatic carboxylic acids is 1. The van der Waals surface area contributed by atoms with E-state index in [1.807, 2.05) is 17.5 Å². The fourth-order valence-corrected chi connectivity index (χ4v) is 1.18. The van der Waals surface area contributed by atoms with Crippen molar-refractivity contribution in [1.29, 1.82) is 0 Å². The Balaban J connectivity index is 2.19. The Kier molecular flexibility index (Phi) is 2.92. The molecule has 3 nitrogen and oxygen atoms in total. The van der Waals surface area contributed by atoms with Crippen LogP contribution in [0.2, 0.25) is 0 Å². The van der Waals surface area contributed by atoms with Gasteiger partial charge < -0.3 is 9.84 Å². The Morgan fingerprint density at radius 1 is 1.73 bits per heavy atom. The Labute approximate surface area is 68.2 Å². The molecular weight excluding hydrogens is 164 g/mol. The molecule has 4 heteroatoms. The second kappa shape index (κ2) is 3.98. The minimum Gasteiger partial charge on any atom is -0.483 e. The summed E-state index contributed by atoms with van der Waals surface area (Å²) in [6, 6.07) is 3.67. The van der Waals surface area contributed by atoms with E-state index < -0.39 is 5.97 Å². The molecule has 0 spiro atoms. The summed E-state index contributed by atoms with van der Waals surface area (Å²) in [7, 11) is 0. The summed E-state index contributed by atoms with van der Waals surface area (Å²) in [6.45, 7) is 0.246. The summed E-state index contributed by atoms with van der Waals surface area (Å²) in [4.78, 5) is 10.1. The standard InChI is InChI=1S/C7H8O3S/c8-6(9)3-4-10-7-2-1-5-11-7/h1-2,5H,3-4H2,(H,8,9). The van der Waals surface area contributed by atoms with E-state index in [0.717, 1.165) is 5.06 Å². The van der Waals surface area contributed by atoms with Crippen LogP contribution in [-0.2, 0) is 4.79 Å². The summed E-state index contributed by atoms with van der Waals surface area (Å²) in [5, 5.41) is 10.9. The molecule has 0 aliphatic heterocycles. The fourth-order valence-electron chi connectivity index (χ4n) is 0.585. The van der Waals surface area contributed by atoms with E-state index in [4.69, 9.17) is 9.84 Å². The van der Waals surface area contributed by atoms with Gasteiger partial charge in [-0.1, -0.05) is 0 Å². The molecule has 0 saturated carbocycles. The first-order valence-corrected chi connectivity index (χ1v) is 4.05. The highest BCUT2D eigenvalue weighted by atomic mass is 32.1. The normalized spacial score (nSPS) is 9.45. The summed E-state index contributed by atoms with van der Waals surface area (Å²) < 4.78 is 5.09. The van der Waals surface area contributed by atoms with Crippen LogP contribution < -0.4 is 4.74 Å². The molecule has 0 fully saturated rings. The number of carbonyl (C=O) groups is 1. The molecule has 1 rings (SSSR count). The third kappa shape index (κ3) is 3.04. The monoisotopic (exact) mass is 172 g/mol. The molecule has 0 radical (unpaired) electrons. The Bertz CT molecular complexity index is 218. The third-order valence-corrected chi connectivity index (χ3v) is 1.83. The SMILES string of the molecule is O=C(O)CCOc1cccs1. The van der Waals surface area contributed by atoms with Gasteiger partial charge in [-0.25, -0.2) is 0 Å². The minimum absolute atomic E-state index is 0.0535. The number of ether oxygens (including phenoxy) is 1. The van der Waals surface area contributed by atoms with Gasteiger partial charge in [-0.05, 0) is 17.5 Å². The average molecular weight is 172 g/mol. The van der Waals surface area contributed by atoms with Gasteiger partial charge in [0.2, 0.25) is 0 Å². The van der Waals surface area contributed by atoms with Crippen LogP contribution in [0.15, 0.2) is 17.5 Å². The molecule has 0 aliphatic carbocycles. The molecule has 0 unspecified atom stereocenters. The minimum atomic E-state index is -0.832. The molecular formula is C7H8O3S. The van der Waals surface area contributed by atoms with Crippen LogP contribution in [0.4, 0.5) is 0 Å². The molecule has 0 aliphatic rings. The fraction of sp³-hybridized carbons (Fsp3) is 0.286. The highest BCUT2D eigenvalue weighted by Gasteiger charge is 1.97. The van der Waals surface area contributed by atoms with Gasteiger partial charge in [0.05, 0.1) is 13.0 Å². The largest absolute Gasteiger partial charge is 0.483 e. The van der Waals surface area contributed by atoms with Crippen LogP contribution in [0.5, 0.6) is 5.06 Å². The number of carboxylic acid groups (broad SMARTS) is 1. The van der Waals surface area contributed by atoms with E-state index in [9.17, 15) is 4.79 Å². The van der Waals surface area contributed by atoms with Gasteiger partial charge in [-0.3, -0.25) is 4.79 Å². The van der Waals surface area contributed by atoms with Gasteiger partial charge in [0.1, 0.15) is 0 Å². The Morgan fingerprint density at radius 2 is 2.55 bits per heavy atom. The van der Waals surface area contributed by atoms with Gasteiger partial charge >= 0.3 is 5.97 Å². The van der Waals surface area contributed by atoms with Crippen molar-refractivity contribution in [3.63, 3.8) is 0 Å². The molecule has 0 saturated heterocycles. The van der Waals surface area contributed by atoms with Crippen molar-refractivity contribution >= 4 is 17.3 Å². The predicted octanol–water partition coefficient (Wildman–Crippen LogP) is 1.60. The zero-order valence-electron chi connectivity index (χ0n) is 5.82. The van der Waals surface area contributed by atoms with Gasteiger partial charge in [-0.2, -0.15) is 0 Å². The maximum Gasteiger partial charge on any atom is 0.306 e. The van der Waals surface area contributed by atoms with Crippen LogP contribution in [0.25, 0.3) is 0 Å². The molecule has 0 atom stereocenters. The molecule has 1 heterocycles. The summed E-state index contributed by atoms with van der Waals surface area (Å²) in [6.07, 6.45) is 0.0535. The maximum absolute atomic E-state index is 10.1. The molecule has 1 aromatic heterocycles. The first-order valence-electron chi connectivity index (χ1n) is 3.17. The van der Waals surface area contributed by atoms with Crippen molar-refractivity contribution in [2.24, 2.45) is 0 Å². The van der Waals surface area contributed by atoms with E-state index in [2.05, 4.69) is 0 Å². The van der Waals surface area contributed by atoms with Crippen LogP contribution in [0, 0.1) is 0 Å². The number of carboxylic acids is 1. The summed E-state index contributed by atoms with van der Waals surface area (Å²) >= 11 is 1.46. The maximum atomic E-state index is 10.1. The van der Waals surface area contributed by atoms with Crippen molar-refractivity contribution < 1.29 is 14.6 Å². The molecule has 0 amide bonds. The molecule has 60 valence electrons. The first-order chi connectivity index (χ1) is 5.29. The van der Waals surface area contributed by atoms with E-state index in [0.29, 0.717) is 0 Å². The molecule has 0 bridgehead atoms. The second-order valence-corrected chi connectivity index (χ2v) is 2.83. The predicted molar refractivity (Wildman–Crippen MR) is 42.1 cm³/mol. The summed E-state index contributed by atoms with van der Waals surface area (Å²) in [5.74, 6) is -0.832. The lowest BCUT2D eigenvalue weighted by atomic mass is 10.5. The number of thiophene rings is 1. The molecule has 1 aromatic rings. The number of hydrogen-bond donors (Lipinski definition) is 1. The summed E-state index contributed by atoms with van der Waals surface area (Å²) in [5.41, 5.74) is 0. The van der Waals surface area contributed by atoms with Crippen molar-refractivity contribution in [3.8, 4) is 5.06 Å². The van der Waals surface area contributed by atoms with Crippen molar-refractivity contribution in [1.82, 2.24) is 0 Å². The number of hydrogen-bond acceptors (Lipinski definition) is 3. The van der Waals surface area contributed by atoms with Gasteiger partial charge in [-0.15, -0.1) is 11.3 Å². The van der Waals surface area contributed by atoms with Crippen molar-refractivity contribution in [2.75, 3.05) is 6.61 Å². The van der Waals surface area contributed by atoms with Gasteiger partial charge in [0.15, 0.2) is 5.06 Å². The van der Waals surface area contributed by atoms with Crippen molar-refractivity contribution in [2.45, 2.75) is 6.42 Å². The highest BCUT2D eigenvalue weighted by Crippen LogP contribution is 2.17. The molecule has 1 N–H and O–H groups in total. The smallest absolute Gasteiger partial charge is 0.306 e. The van der Waals surface area contributed by atoms with Crippen LogP contribution in [0.1, 0.15) is 6.42 Å². The highest BCUT2D eigenvalue weighted by molar-refractivity contribution is 7.11. The van der Waals surface area contributed by atoms with Crippen molar-refractivity contribution in [3.05, 3.63) is 17.5 Å². The number of rotatable bonds is 4. The van der Waals surface area contributed by atoms with Crippen LogP contribution in [0.3, 0.4) is 0 Å². The average Bonchev–Trinajstić information content (AvgIpc) is 2.39. The quantitative estimate of drug-likeness (QED) is 0.750. The topological polar surface area (TPSA) is 46.5 Å². The van der Waals surface area contributed by atoms with Gasteiger partial charge in [0.25, 0.3) is 0 Å². The lowest BCUT2D eigenvalue weighted by molar-refractivity contribution is -0.137. The van der Waals surface area contributed by atoms with E-state index in [-0.39, 0.29) is 13.0 Å². The third-order valence-electron chi connectivity index (χ3n) is 1.06. The zero-order valence-corrected chi connectivity index (χ0v) is 6.63.